The first-order valence-electron chi connectivity index (χ1n) is 13.3. The highest BCUT2D eigenvalue weighted by molar-refractivity contribution is 5.84. The number of benzene rings is 2. The van der Waals surface area contributed by atoms with Gasteiger partial charge in [0.25, 0.3) is 0 Å². The number of carbonyl (C=O) groups is 2. The van der Waals surface area contributed by atoms with E-state index in [4.69, 9.17) is 14.2 Å². The van der Waals surface area contributed by atoms with Crippen molar-refractivity contribution in [3.8, 4) is 11.5 Å². The highest BCUT2D eigenvalue weighted by Gasteiger charge is 2.32. The van der Waals surface area contributed by atoms with E-state index in [1.54, 1.807) is 28.1 Å². The van der Waals surface area contributed by atoms with Crippen molar-refractivity contribution in [2.45, 2.75) is 58.9 Å². The maximum absolute atomic E-state index is 13.0. The molecule has 204 valence electrons. The number of piperidine rings is 1. The van der Waals surface area contributed by atoms with Gasteiger partial charge in [-0.25, -0.2) is 0 Å². The maximum atomic E-state index is 13.0. The van der Waals surface area contributed by atoms with Crippen LogP contribution in [0.1, 0.15) is 62.6 Å². The molecule has 1 N–H and O–H groups in total. The molecular formula is C31H39NO6. The Morgan fingerprint density at radius 3 is 2.29 bits per heavy atom. The van der Waals surface area contributed by atoms with Crippen molar-refractivity contribution >= 4 is 17.7 Å². The number of fused-ring (bicyclic) bond motifs is 1. The van der Waals surface area contributed by atoms with Gasteiger partial charge < -0.3 is 19.3 Å². The number of ether oxygens (including phenoxy) is 3. The molecule has 2 aromatic rings. The molecule has 0 aromatic heterocycles. The van der Waals surface area contributed by atoms with Crippen molar-refractivity contribution in [1.29, 1.82) is 0 Å². The van der Waals surface area contributed by atoms with E-state index in [9.17, 15) is 14.7 Å². The van der Waals surface area contributed by atoms with Gasteiger partial charge in [0, 0.05) is 12.1 Å². The van der Waals surface area contributed by atoms with Crippen molar-refractivity contribution in [1.82, 2.24) is 4.90 Å². The summed E-state index contributed by atoms with van der Waals surface area (Å²) in [5.41, 5.74) is 3.65. The van der Waals surface area contributed by atoms with Crippen LogP contribution in [0.3, 0.4) is 0 Å². The van der Waals surface area contributed by atoms with Crippen LogP contribution in [0.2, 0.25) is 0 Å². The summed E-state index contributed by atoms with van der Waals surface area (Å²) in [6.07, 6.45) is 3.66. The number of carboxylic acid groups (broad SMARTS) is 1. The third-order valence-corrected chi connectivity index (χ3v) is 7.54. The van der Waals surface area contributed by atoms with E-state index in [2.05, 4.69) is 29.2 Å². The van der Waals surface area contributed by atoms with E-state index in [1.165, 1.54) is 5.56 Å². The standard InChI is InChI=1S/C31H39NO6/c1-31(2,18-28(33)34)19-29(35)38-30-24(15-23-16-26(36-3)27(37-4)17-25(23)30)14-21-10-12-32(13-11-21)20-22-8-6-5-7-9-22/h5-9,16-17,21H,10-15,18-20H2,1-4H3,(H,33,34). The number of likely N-dealkylation sites (tertiary alicyclic amines) is 1. The van der Waals surface area contributed by atoms with Crippen molar-refractivity contribution in [2.24, 2.45) is 11.3 Å². The first kappa shape index (κ1) is 27.7. The highest BCUT2D eigenvalue weighted by atomic mass is 16.5. The van der Waals surface area contributed by atoms with E-state index in [0.29, 0.717) is 29.6 Å². The zero-order chi connectivity index (χ0) is 27.3. The van der Waals surface area contributed by atoms with Crippen LogP contribution >= 0.6 is 0 Å². The van der Waals surface area contributed by atoms with Gasteiger partial charge >= 0.3 is 11.9 Å². The second-order valence-corrected chi connectivity index (χ2v) is 11.3. The fourth-order valence-corrected chi connectivity index (χ4v) is 5.62. The van der Waals surface area contributed by atoms with Gasteiger partial charge in [-0.15, -0.1) is 0 Å². The molecule has 1 saturated heterocycles. The van der Waals surface area contributed by atoms with Crippen LogP contribution in [0.15, 0.2) is 48.0 Å². The number of rotatable bonds is 11. The van der Waals surface area contributed by atoms with Crippen molar-refractivity contribution in [2.75, 3.05) is 27.3 Å². The minimum absolute atomic E-state index is 0.0244. The molecule has 0 unspecified atom stereocenters. The van der Waals surface area contributed by atoms with Crippen molar-refractivity contribution < 1.29 is 28.9 Å². The summed E-state index contributed by atoms with van der Waals surface area (Å²) in [6.45, 7) is 6.60. The molecule has 38 heavy (non-hydrogen) atoms. The van der Waals surface area contributed by atoms with Crippen LogP contribution < -0.4 is 9.47 Å². The highest BCUT2D eigenvalue weighted by Crippen LogP contribution is 2.43. The molecule has 4 rings (SSSR count). The predicted molar refractivity (Wildman–Crippen MR) is 146 cm³/mol. The third-order valence-electron chi connectivity index (χ3n) is 7.54. The van der Waals surface area contributed by atoms with E-state index >= 15 is 0 Å². The summed E-state index contributed by atoms with van der Waals surface area (Å²) in [4.78, 5) is 26.8. The molecule has 2 aromatic carbocycles. The number of nitrogens with zero attached hydrogens (tertiary/aromatic N) is 1. The Morgan fingerprint density at radius 2 is 1.66 bits per heavy atom. The lowest BCUT2D eigenvalue weighted by Gasteiger charge is -2.32. The number of carboxylic acids is 1. The predicted octanol–water partition coefficient (Wildman–Crippen LogP) is 5.71. The van der Waals surface area contributed by atoms with Gasteiger partial charge in [-0.2, -0.15) is 0 Å². The van der Waals surface area contributed by atoms with Crippen LogP contribution in [0.4, 0.5) is 0 Å². The summed E-state index contributed by atoms with van der Waals surface area (Å²) in [5, 5.41) is 9.22. The minimum Gasteiger partial charge on any atom is -0.493 e. The quantitative estimate of drug-likeness (QED) is 0.379. The maximum Gasteiger partial charge on any atom is 0.311 e. The molecule has 0 spiro atoms. The van der Waals surface area contributed by atoms with Crippen molar-refractivity contribution in [3.05, 3.63) is 64.7 Å². The fraction of sp³-hybridized carbons (Fsp3) is 0.484. The van der Waals surface area contributed by atoms with E-state index in [1.807, 2.05) is 18.2 Å². The number of methoxy groups -OCH3 is 2. The molecule has 0 amide bonds. The van der Waals surface area contributed by atoms with Crippen LogP contribution in [0.25, 0.3) is 5.76 Å². The van der Waals surface area contributed by atoms with Crippen LogP contribution in [0.5, 0.6) is 11.5 Å². The largest absolute Gasteiger partial charge is 0.493 e. The molecular weight excluding hydrogens is 482 g/mol. The number of hydrogen-bond donors (Lipinski definition) is 1. The van der Waals surface area contributed by atoms with Gasteiger partial charge in [0.2, 0.25) is 0 Å². The number of aliphatic carboxylic acids is 1. The molecule has 7 heteroatoms. The molecule has 1 fully saturated rings. The number of allylic oxidation sites excluding steroid dienone is 1. The van der Waals surface area contributed by atoms with Crippen molar-refractivity contribution in [3.63, 3.8) is 0 Å². The lowest BCUT2D eigenvalue weighted by Crippen LogP contribution is -2.33. The Bertz CT molecular complexity index is 1180. The second kappa shape index (κ2) is 12.0. The van der Waals surface area contributed by atoms with Crippen LogP contribution in [0, 0.1) is 11.3 Å². The summed E-state index contributed by atoms with van der Waals surface area (Å²) < 4.78 is 17.1. The third kappa shape index (κ3) is 6.95. The van der Waals surface area contributed by atoms with Gasteiger partial charge in [-0.1, -0.05) is 44.2 Å². The van der Waals surface area contributed by atoms with Gasteiger partial charge in [-0.3, -0.25) is 14.5 Å². The zero-order valence-corrected chi connectivity index (χ0v) is 22.9. The number of esters is 1. The minimum atomic E-state index is -0.927. The normalized spacial score (nSPS) is 16.3. The van der Waals surface area contributed by atoms with E-state index < -0.39 is 17.4 Å². The topological polar surface area (TPSA) is 85.3 Å². The van der Waals surface area contributed by atoms with Gasteiger partial charge in [0.05, 0.1) is 27.1 Å². The van der Waals surface area contributed by atoms with Crippen LogP contribution in [-0.2, 0) is 27.3 Å². The Labute approximate surface area is 225 Å². The smallest absolute Gasteiger partial charge is 0.311 e. The Hall–Kier alpha value is -3.32. The molecule has 1 heterocycles. The molecule has 1 aliphatic heterocycles. The molecule has 0 bridgehead atoms. The molecule has 0 saturated carbocycles. The average Bonchev–Trinajstić information content (AvgIpc) is 3.19. The Morgan fingerprint density at radius 1 is 1.00 bits per heavy atom. The molecule has 0 radical (unpaired) electrons. The summed E-state index contributed by atoms with van der Waals surface area (Å²) >= 11 is 0. The number of carbonyl (C=O) groups excluding carboxylic acids is 1. The van der Waals surface area contributed by atoms with Gasteiger partial charge in [-0.05, 0) is 78.9 Å². The van der Waals surface area contributed by atoms with Gasteiger partial charge in [0.15, 0.2) is 11.5 Å². The SMILES string of the molecule is COc1cc2c(cc1OC)C(OC(=O)CC(C)(C)CC(=O)O)=C(CC1CCN(Cc3ccccc3)CC1)C2. The fourth-order valence-electron chi connectivity index (χ4n) is 5.62. The van der Waals surface area contributed by atoms with Crippen LogP contribution in [-0.4, -0.2) is 49.3 Å². The Kier molecular flexibility index (Phi) is 8.77. The van der Waals surface area contributed by atoms with E-state index in [0.717, 1.165) is 55.6 Å². The molecule has 1 aliphatic carbocycles. The molecule has 2 aliphatic rings. The first-order valence-corrected chi connectivity index (χ1v) is 13.3. The summed E-state index contributed by atoms with van der Waals surface area (Å²) in [7, 11) is 3.20. The summed E-state index contributed by atoms with van der Waals surface area (Å²) in [6, 6.07) is 14.4. The second-order valence-electron chi connectivity index (χ2n) is 11.3. The monoisotopic (exact) mass is 521 g/mol. The lowest BCUT2D eigenvalue weighted by atomic mass is 9.86. The van der Waals surface area contributed by atoms with E-state index in [-0.39, 0.29) is 12.8 Å². The first-order chi connectivity index (χ1) is 18.2. The average molecular weight is 522 g/mol. The molecule has 0 atom stereocenters. The van der Waals surface area contributed by atoms with Gasteiger partial charge in [0.1, 0.15) is 5.76 Å². The Balaban J connectivity index is 1.50. The molecule has 7 nitrogen and oxygen atoms in total. The lowest BCUT2D eigenvalue weighted by molar-refractivity contribution is -0.142. The summed E-state index contributed by atoms with van der Waals surface area (Å²) in [5.74, 6) is 1.00. The number of hydrogen-bond acceptors (Lipinski definition) is 6. The zero-order valence-electron chi connectivity index (χ0n) is 22.9.